The van der Waals surface area contributed by atoms with Crippen LogP contribution in [0.4, 0.5) is 0 Å². The molecule has 1 aliphatic rings. The standard InChI is InChI=1S/C37H34N2O6S/c1-6-44-36(41)32-33(24-13-8-7-9-14-24)38-37-39(34(32)25-17-19-29(42-4)30(20-25)43-5)35(40)31(46-37)21-27-26-15-11-10-12-23(26)16-18-28(27)45-22(2)3/h7-22,34H,6H2,1-5H3/b31-21-/t34-/m0/s1. The molecule has 0 fully saturated rings. The minimum atomic E-state index is -0.855. The lowest BCUT2D eigenvalue weighted by molar-refractivity contribution is -0.138. The molecule has 0 unspecified atom stereocenters. The molecule has 0 amide bonds. The largest absolute Gasteiger partial charge is 0.493 e. The van der Waals surface area contributed by atoms with Crippen LogP contribution in [0.1, 0.15) is 43.5 Å². The van der Waals surface area contributed by atoms with Crippen LogP contribution in [0.25, 0.3) is 22.5 Å². The normalized spacial score (nSPS) is 14.7. The number of aromatic nitrogens is 1. The second-order valence-electron chi connectivity index (χ2n) is 10.9. The van der Waals surface area contributed by atoms with E-state index in [1.54, 1.807) is 37.8 Å². The van der Waals surface area contributed by atoms with Gasteiger partial charge in [0.25, 0.3) is 5.56 Å². The molecule has 1 aliphatic heterocycles. The van der Waals surface area contributed by atoms with Gasteiger partial charge in [-0.25, -0.2) is 9.79 Å². The first-order valence-corrected chi connectivity index (χ1v) is 15.8. The number of esters is 1. The highest BCUT2D eigenvalue weighted by molar-refractivity contribution is 7.07. The van der Waals surface area contributed by atoms with Gasteiger partial charge in [-0.2, -0.15) is 0 Å². The van der Waals surface area contributed by atoms with E-state index in [2.05, 4.69) is 0 Å². The maximum absolute atomic E-state index is 14.5. The average Bonchev–Trinajstić information content (AvgIpc) is 3.39. The first kappa shape index (κ1) is 30.9. The number of hydrogen-bond acceptors (Lipinski definition) is 8. The lowest BCUT2D eigenvalue weighted by Gasteiger charge is -2.26. The van der Waals surface area contributed by atoms with Crippen LogP contribution < -0.4 is 29.1 Å². The van der Waals surface area contributed by atoms with E-state index in [1.807, 2.05) is 92.7 Å². The van der Waals surface area contributed by atoms with Crippen molar-refractivity contribution < 1.29 is 23.7 Å². The molecule has 1 atom stereocenters. The number of carbonyl (C=O) groups is 1. The molecular weight excluding hydrogens is 600 g/mol. The van der Waals surface area contributed by atoms with Crippen molar-refractivity contribution in [3.63, 3.8) is 0 Å². The van der Waals surface area contributed by atoms with Gasteiger partial charge >= 0.3 is 5.97 Å². The first-order valence-electron chi connectivity index (χ1n) is 15.0. The van der Waals surface area contributed by atoms with Crippen LogP contribution in [0.15, 0.2) is 100 Å². The predicted molar refractivity (Wildman–Crippen MR) is 180 cm³/mol. The highest BCUT2D eigenvalue weighted by Gasteiger charge is 2.35. The van der Waals surface area contributed by atoms with Crippen LogP contribution in [-0.4, -0.2) is 37.5 Å². The van der Waals surface area contributed by atoms with E-state index in [0.717, 1.165) is 21.9 Å². The number of thiazole rings is 1. The summed E-state index contributed by atoms with van der Waals surface area (Å²) in [6, 6.07) is 25.9. The molecule has 0 spiro atoms. The number of carbonyl (C=O) groups excluding carboxylic acids is 1. The Morgan fingerprint density at radius 1 is 0.935 bits per heavy atom. The summed E-state index contributed by atoms with van der Waals surface area (Å²) in [7, 11) is 3.11. The summed E-state index contributed by atoms with van der Waals surface area (Å²) in [6.07, 6.45) is 1.80. The quantitative estimate of drug-likeness (QED) is 0.188. The molecule has 1 aromatic heterocycles. The summed E-state index contributed by atoms with van der Waals surface area (Å²) in [4.78, 5) is 33.8. The zero-order valence-corrected chi connectivity index (χ0v) is 27.1. The molecule has 2 heterocycles. The SMILES string of the molecule is CCOC(=O)C1=C(c2ccccc2)N=c2s/c(=C\c3c(OC(C)C)ccc4ccccc34)c(=O)n2[C@H]1c1ccc(OC)c(OC)c1. The molecule has 9 heteroatoms. The number of benzene rings is 4. The van der Waals surface area contributed by atoms with E-state index in [0.29, 0.717) is 37.8 Å². The molecule has 4 aromatic carbocycles. The fourth-order valence-electron chi connectivity index (χ4n) is 5.69. The summed E-state index contributed by atoms with van der Waals surface area (Å²) in [5.74, 6) is 1.11. The Bertz CT molecular complexity index is 2150. The zero-order chi connectivity index (χ0) is 32.4. The Morgan fingerprint density at radius 3 is 2.37 bits per heavy atom. The number of methoxy groups -OCH3 is 2. The average molecular weight is 635 g/mol. The van der Waals surface area contributed by atoms with Crippen molar-refractivity contribution in [1.29, 1.82) is 0 Å². The van der Waals surface area contributed by atoms with E-state index >= 15 is 0 Å². The molecule has 0 radical (unpaired) electrons. The van der Waals surface area contributed by atoms with Crippen LogP contribution in [0, 0.1) is 0 Å². The third kappa shape index (κ3) is 5.70. The van der Waals surface area contributed by atoms with Gasteiger partial charge in [-0.3, -0.25) is 9.36 Å². The zero-order valence-electron chi connectivity index (χ0n) is 26.3. The Hall–Kier alpha value is -5.15. The topological polar surface area (TPSA) is 88.4 Å². The van der Waals surface area contributed by atoms with Crippen molar-refractivity contribution in [3.8, 4) is 17.2 Å². The van der Waals surface area contributed by atoms with Crippen molar-refractivity contribution in [1.82, 2.24) is 4.57 Å². The van der Waals surface area contributed by atoms with Crippen LogP contribution >= 0.6 is 11.3 Å². The molecule has 6 rings (SSSR count). The van der Waals surface area contributed by atoms with Gasteiger partial charge in [0.2, 0.25) is 0 Å². The number of hydrogen-bond donors (Lipinski definition) is 0. The van der Waals surface area contributed by atoms with Crippen molar-refractivity contribution >= 4 is 39.9 Å². The minimum absolute atomic E-state index is 0.0693. The third-order valence-electron chi connectivity index (χ3n) is 7.67. The highest BCUT2D eigenvalue weighted by atomic mass is 32.1. The van der Waals surface area contributed by atoms with E-state index in [-0.39, 0.29) is 23.8 Å². The number of fused-ring (bicyclic) bond motifs is 2. The molecule has 0 aliphatic carbocycles. The predicted octanol–water partition coefficient (Wildman–Crippen LogP) is 5.89. The summed E-state index contributed by atoms with van der Waals surface area (Å²) >= 11 is 1.26. The van der Waals surface area contributed by atoms with Crippen molar-refractivity contribution in [2.45, 2.75) is 32.9 Å². The summed E-state index contributed by atoms with van der Waals surface area (Å²) in [6.45, 7) is 5.85. The van der Waals surface area contributed by atoms with E-state index in [4.69, 9.17) is 23.9 Å². The Balaban J connectivity index is 1.68. The fraction of sp³-hybridized carbons (Fsp3) is 0.216. The molecule has 0 N–H and O–H groups in total. The highest BCUT2D eigenvalue weighted by Crippen LogP contribution is 2.38. The molecule has 46 heavy (non-hydrogen) atoms. The van der Waals surface area contributed by atoms with Crippen molar-refractivity contribution in [2.24, 2.45) is 4.99 Å². The van der Waals surface area contributed by atoms with E-state index in [1.165, 1.54) is 11.3 Å². The number of rotatable bonds is 9. The van der Waals surface area contributed by atoms with Crippen LogP contribution in [0.3, 0.4) is 0 Å². The molecule has 0 saturated heterocycles. The van der Waals surface area contributed by atoms with Crippen LogP contribution in [0.5, 0.6) is 17.2 Å². The van der Waals surface area contributed by atoms with Gasteiger partial charge in [-0.15, -0.1) is 0 Å². The summed E-state index contributed by atoms with van der Waals surface area (Å²) < 4.78 is 24.9. The molecule has 0 saturated carbocycles. The van der Waals surface area contributed by atoms with Crippen LogP contribution in [-0.2, 0) is 9.53 Å². The molecule has 0 bridgehead atoms. The maximum atomic E-state index is 14.5. The fourth-order valence-corrected chi connectivity index (χ4v) is 6.67. The molecule has 234 valence electrons. The molecule has 5 aromatic rings. The Labute approximate surface area is 270 Å². The van der Waals surface area contributed by atoms with Gasteiger partial charge in [0.15, 0.2) is 16.3 Å². The molecular formula is C37H34N2O6S. The van der Waals surface area contributed by atoms with Crippen molar-refractivity contribution in [3.05, 3.63) is 127 Å². The lowest BCUT2D eigenvalue weighted by atomic mass is 9.93. The van der Waals surface area contributed by atoms with E-state index in [9.17, 15) is 9.59 Å². The molecule has 8 nitrogen and oxygen atoms in total. The third-order valence-corrected chi connectivity index (χ3v) is 8.65. The smallest absolute Gasteiger partial charge is 0.338 e. The summed E-state index contributed by atoms with van der Waals surface area (Å²) in [5.41, 5.74) is 2.59. The van der Waals surface area contributed by atoms with Gasteiger partial charge in [0.05, 0.1) is 48.8 Å². The van der Waals surface area contributed by atoms with Crippen molar-refractivity contribution in [2.75, 3.05) is 20.8 Å². The monoisotopic (exact) mass is 634 g/mol. The van der Waals surface area contributed by atoms with E-state index < -0.39 is 12.0 Å². The second-order valence-corrected chi connectivity index (χ2v) is 11.9. The van der Waals surface area contributed by atoms with Gasteiger partial charge < -0.3 is 18.9 Å². The van der Waals surface area contributed by atoms with Gasteiger partial charge in [-0.1, -0.05) is 78.1 Å². The Morgan fingerprint density at radius 2 is 1.65 bits per heavy atom. The van der Waals surface area contributed by atoms with Gasteiger partial charge in [0, 0.05) is 11.1 Å². The maximum Gasteiger partial charge on any atom is 0.338 e. The first-order chi connectivity index (χ1) is 22.3. The Kier molecular flexibility index (Phi) is 8.76. The van der Waals surface area contributed by atoms with Gasteiger partial charge in [-0.05, 0) is 61.4 Å². The lowest BCUT2D eigenvalue weighted by Crippen LogP contribution is -2.40. The summed E-state index contributed by atoms with van der Waals surface area (Å²) in [5, 5.41) is 1.98. The minimum Gasteiger partial charge on any atom is -0.493 e. The van der Waals surface area contributed by atoms with Crippen LogP contribution in [0.2, 0.25) is 0 Å². The second kappa shape index (κ2) is 13.1. The van der Waals surface area contributed by atoms with Gasteiger partial charge in [0.1, 0.15) is 5.75 Å². The number of nitrogens with zero attached hydrogens (tertiary/aromatic N) is 2. The number of ether oxygens (including phenoxy) is 4.